The minimum Gasteiger partial charge on any atom is -0.397 e. The number of nitrogen functional groups attached to an aromatic ring is 1. The van der Waals surface area contributed by atoms with Crippen LogP contribution in [0, 0.1) is 5.92 Å². The lowest BCUT2D eigenvalue weighted by Gasteiger charge is -2.09. The van der Waals surface area contributed by atoms with Crippen LogP contribution < -0.4 is 11.1 Å². The van der Waals surface area contributed by atoms with E-state index in [0.717, 1.165) is 30.0 Å². The van der Waals surface area contributed by atoms with Gasteiger partial charge in [0.05, 0.1) is 17.6 Å². The Morgan fingerprint density at radius 3 is 2.89 bits per heavy atom. The number of amides is 1. The van der Waals surface area contributed by atoms with Crippen LogP contribution in [0.2, 0.25) is 0 Å². The van der Waals surface area contributed by atoms with Gasteiger partial charge in [0.2, 0.25) is 0 Å². The fourth-order valence-corrected chi connectivity index (χ4v) is 4.25. The number of rotatable bonds is 6. The van der Waals surface area contributed by atoms with E-state index < -0.39 is 0 Å². The van der Waals surface area contributed by atoms with Gasteiger partial charge in [-0.2, -0.15) is 11.3 Å². The average Bonchev–Trinajstić information content (AvgIpc) is 3.43. The summed E-state index contributed by atoms with van der Waals surface area (Å²) in [4.78, 5) is 12.6. The Labute approximate surface area is 162 Å². The topological polar surface area (TPSA) is 85.8 Å². The second kappa shape index (κ2) is 7.92. The minimum atomic E-state index is -0.295. The number of aryl methyl sites for hydroxylation is 1. The molecule has 0 unspecified atom stereocenters. The zero-order chi connectivity index (χ0) is 18.6. The Morgan fingerprint density at radius 1 is 1.26 bits per heavy atom. The maximum Gasteiger partial charge on any atom is 0.277 e. The van der Waals surface area contributed by atoms with Crippen molar-refractivity contribution in [1.29, 1.82) is 0 Å². The van der Waals surface area contributed by atoms with Gasteiger partial charge in [-0.25, -0.2) is 0 Å². The Balaban J connectivity index is 1.42. The van der Waals surface area contributed by atoms with Crippen molar-refractivity contribution < 1.29 is 4.79 Å². The van der Waals surface area contributed by atoms with Crippen molar-refractivity contribution >= 4 is 28.6 Å². The van der Waals surface area contributed by atoms with Gasteiger partial charge in [0.25, 0.3) is 5.91 Å². The number of hydrogen-bond donors (Lipinski definition) is 2. The standard InChI is InChI=1S/C20H23N5OS/c21-17-6-5-15(16-8-10-27-13-16)11-18(17)22-20(26)19-12-25(24-23-19)9-7-14-3-1-2-4-14/h5-6,8,10-14H,1-4,7,9,21H2,(H,22,26). The molecule has 1 fully saturated rings. The Bertz CT molecular complexity index is 912. The molecule has 140 valence electrons. The first-order valence-electron chi connectivity index (χ1n) is 9.32. The van der Waals surface area contributed by atoms with Crippen LogP contribution >= 0.6 is 11.3 Å². The predicted octanol–water partition coefficient (Wildman–Crippen LogP) is 4.42. The number of aromatic nitrogens is 3. The summed E-state index contributed by atoms with van der Waals surface area (Å²) >= 11 is 1.63. The molecule has 7 heteroatoms. The van der Waals surface area contributed by atoms with Gasteiger partial charge in [-0.05, 0) is 52.4 Å². The maximum atomic E-state index is 12.6. The van der Waals surface area contributed by atoms with Gasteiger partial charge >= 0.3 is 0 Å². The highest BCUT2D eigenvalue weighted by Crippen LogP contribution is 2.29. The van der Waals surface area contributed by atoms with Crippen molar-refractivity contribution in [1.82, 2.24) is 15.0 Å². The van der Waals surface area contributed by atoms with Crippen LogP contribution in [0.5, 0.6) is 0 Å². The molecule has 0 bridgehead atoms. The predicted molar refractivity (Wildman–Crippen MR) is 109 cm³/mol. The monoisotopic (exact) mass is 381 g/mol. The first-order chi connectivity index (χ1) is 13.2. The Morgan fingerprint density at radius 2 is 2.11 bits per heavy atom. The number of carbonyl (C=O) groups is 1. The van der Waals surface area contributed by atoms with E-state index in [4.69, 9.17) is 5.73 Å². The highest BCUT2D eigenvalue weighted by atomic mass is 32.1. The van der Waals surface area contributed by atoms with E-state index in [1.54, 1.807) is 28.3 Å². The molecule has 1 aliphatic carbocycles. The third kappa shape index (κ3) is 4.19. The van der Waals surface area contributed by atoms with Crippen molar-refractivity contribution in [2.75, 3.05) is 11.1 Å². The van der Waals surface area contributed by atoms with Crippen molar-refractivity contribution in [3.8, 4) is 11.1 Å². The van der Waals surface area contributed by atoms with Crippen LogP contribution in [-0.4, -0.2) is 20.9 Å². The van der Waals surface area contributed by atoms with E-state index in [1.165, 1.54) is 25.7 Å². The van der Waals surface area contributed by atoms with Crippen LogP contribution in [0.1, 0.15) is 42.6 Å². The molecule has 0 radical (unpaired) electrons. The van der Waals surface area contributed by atoms with Gasteiger partial charge in [-0.15, -0.1) is 5.10 Å². The van der Waals surface area contributed by atoms with Crippen LogP contribution in [-0.2, 0) is 6.54 Å². The largest absolute Gasteiger partial charge is 0.397 e. The van der Waals surface area contributed by atoms with E-state index in [9.17, 15) is 4.79 Å². The lowest BCUT2D eigenvalue weighted by atomic mass is 10.0. The Hall–Kier alpha value is -2.67. The lowest BCUT2D eigenvalue weighted by molar-refractivity contribution is 0.102. The fraction of sp³-hybridized carbons (Fsp3) is 0.350. The van der Waals surface area contributed by atoms with Gasteiger partial charge < -0.3 is 11.1 Å². The number of nitrogens with zero attached hydrogens (tertiary/aromatic N) is 3. The number of nitrogens with one attached hydrogen (secondary N) is 1. The molecule has 1 aromatic carbocycles. The molecular formula is C20H23N5OS. The first-order valence-corrected chi connectivity index (χ1v) is 10.3. The van der Waals surface area contributed by atoms with E-state index in [-0.39, 0.29) is 5.91 Å². The Kier molecular flexibility index (Phi) is 5.20. The van der Waals surface area contributed by atoms with Crippen LogP contribution in [0.4, 0.5) is 11.4 Å². The molecule has 2 heterocycles. The number of carbonyl (C=O) groups excluding carboxylic acids is 1. The summed E-state index contributed by atoms with van der Waals surface area (Å²) in [7, 11) is 0. The van der Waals surface area contributed by atoms with Crippen molar-refractivity contribution in [2.24, 2.45) is 5.92 Å². The quantitative estimate of drug-likeness (QED) is 0.619. The van der Waals surface area contributed by atoms with E-state index in [2.05, 4.69) is 21.0 Å². The molecule has 3 N–H and O–H groups in total. The molecule has 0 spiro atoms. The highest BCUT2D eigenvalue weighted by molar-refractivity contribution is 7.08. The molecule has 4 rings (SSSR count). The van der Waals surface area contributed by atoms with E-state index >= 15 is 0 Å². The molecule has 6 nitrogen and oxygen atoms in total. The smallest absolute Gasteiger partial charge is 0.277 e. The normalized spacial score (nSPS) is 14.5. The second-order valence-corrected chi connectivity index (χ2v) is 7.85. The molecule has 1 aliphatic rings. The average molecular weight is 382 g/mol. The number of nitrogens with two attached hydrogens (primary N) is 1. The molecule has 1 amide bonds. The summed E-state index contributed by atoms with van der Waals surface area (Å²) in [5.74, 6) is 0.488. The highest BCUT2D eigenvalue weighted by Gasteiger charge is 2.17. The van der Waals surface area contributed by atoms with Gasteiger partial charge in [0.1, 0.15) is 0 Å². The molecule has 1 saturated carbocycles. The number of anilines is 2. The van der Waals surface area contributed by atoms with Gasteiger partial charge in [0, 0.05) is 6.54 Å². The molecule has 0 saturated heterocycles. The number of thiophene rings is 1. The summed E-state index contributed by atoms with van der Waals surface area (Å²) in [6, 6.07) is 7.69. The number of hydrogen-bond acceptors (Lipinski definition) is 5. The minimum absolute atomic E-state index is 0.295. The van der Waals surface area contributed by atoms with Gasteiger partial charge in [0.15, 0.2) is 5.69 Å². The maximum absolute atomic E-state index is 12.6. The van der Waals surface area contributed by atoms with E-state index in [1.807, 2.05) is 23.6 Å². The van der Waals surface area contributed by atoms with Crippen LogP contribution in [0.15, 0.2) is 41.2 Å². The second-order valence-electron chi connectivity index (χ2n) is 7.07. The fourth-order valence-electron chi connectivity index (χ4n) is 3.58. The van der Waals surface area contributed by atoms with Gasteiger partial charge in [-0.1, -0.05) is 37.0 Å². The SMILES string of the molecule is Nc1ccc(-c2ccsc2)cc1NC(=O)c1cn(CCC2CCCC2)nn1. The number of benzene rings is 1. The molecular weight excluding hydrogens is 358 g/mol. The summed E-state index contributed by atoms with van der Waals surface area (Å²) in [6.07, 6.45) is 8.09. The molecule has 2 aromatic heterocycles. The molecule has 0 atom stereocenters. The zero-order valence-corrected chi connectivity index (χ0v) is 15.9. The zero-order valence-electron chi connectivity index (χ0n) is 15.1. The van der Waals surface area contributed by atoms with Crippen LogP contribution in [0.3, 0.4) is 0 Å². The lowest BCUT2D eigenvalue weighted by Crippen LogP contribution is -2.13. The third-order valence-electron chi connectivity index (χ3n) is 5.17. The van der Waals surface area contributed by atoms with E-state index in [0.29, 0.717) is 17.1 Å². The van der Waals surface area contributed by atoms with Crippen molar-refractivity contribution in [3.63, 3.8) is 0 Å². The summed E-state index contributed by atoms with van der Waals surface area (Å²) < 4.78 is 1.76. The first kappa shape index (κ1) is 17.7. The summed E-state index contributed by atoms with van der Waals surface area (Å²) in [5, 5.41) is 15.1. The van der Waals surface area contributed by atoms with Gasteiger partial charge in [-0.3, -0.25) is 9.48 Å². The van der Waals surface area contributed by atoms with Crippen LogP contribution in [0.25, 0.3) is 11.1 Å². The molecule has 3 aromatic rings. The third-order valence-corrected chi connectivity index (χ3v) is 5.85. The summed E-state index contributed by atoms with van der Waals surface area (Å²) in [6.45, 7) is 0.806. The summed E-state index contributed by atoms with van der Waals surface area (Å²) in [5.41, 5.74) is 9.58. The van der Waals surface area contributed by atoms with Crippen molar-refractivity contribution in [3.05, 3.63) is 46.9 Å². The molecule has 0 aliphatic heterocycles. The van der Waals surface area contributed by atoms with Crippen molar-refractivity contribution in [2.45, 2.75) is 38.6 Å². The molecule has 27 heavy (non-hydrogen) atoms.